The molecule has 10 heteroatoms. The number of aliphatic carboxylic acids is 1. The summed E-state index contributed by atoms with van der Waals surface area (Å²) in [6.45, 7) is -0.645. The Kier molecular flexibility index (Phi) is 20.5. The summed E-state index contributed by atoms with van der Waals surface area (Å²) in [5, 5.41) is 90.5. The number of carboxylic acids is 1. The highest BCUT2D eigenvalue weighted by molar-refractivity contribution is 5.76. The summed E-state index contributed by atoms with van der Waals surface area (Å²) in [5.41, 5.74) is -3.46. The second-order valence-electron chi connectivity index (χ2n) is 11.1. The fourth-order valence-electron chi connectivity index (χ4n) is 5.93. The van der Waals surface area contributed by atoms with E-state index in [0.717, 1.165) is 25.7 Å². The van der Waals surface area contributed by atoms with Crippen LogP contribution in [-0.4, -0.2) is 103 Å². The molecule has 4 atom stereocenters. The Morgan fingerprint density at radius 3 is 1.18 bits per heavy atom. The number of carboxylic acid groups (broad SMARTS) is 1. The summed E-state index contributed by atoms with van der Waals surface area (Å²) >= 11 is 0. The van der Waals surface area contributed by atoms with Crippen molar-refractivity contribution in [3.63, 3.8) is 0 Å². The van der Waals surface area contributed by atoms with Crippen LogP contribution in [0.25, 0.3) is 0 Å². The van der Waals surface area contributed by atoms with E-state index in [1.54, 1.807) is 0 Å². The van der Waals surface area contributed by atoms with Crippen LogP contribution >= 0.6 is 0 Å². The zero-order valence-electron chi connectivity index (χ0n) is 23.4. The maximum Gasteiger partial charge on any atom is 0.310 e. The van der Waals surface area contributed by atoms with Crippen molar-refractivity contribution < 1.29 is 50.8 Å². The maximum atomic E-state index is 12.9. The van der Waals surface area contributed by atoms with Gasteiger partial charge in [-0.3, -0.25) is 4.79 Å². The predicted octanol–water partition coefficient (Wildman–Crippen LogP) is 1.72. The van der Waals surface area contributed by atoms with E-state index < -0.39 is 80.5 Å². The van der Waals surface area contributed by atoms with Gasteiger partial charge in [-0.1, -0.05) is 77.6 Å². The third kappa shape index (κ3) is 13.0. The van der Waals surface area contributed by atoms with Crippen LogP contribution in [0, 0.1) is 10.8 Å². The lowest BCUT2D eigenvalue weighted by Crippen LogP contribution is -2.55. The average Bonchev–Trinajstić information content (AvgIpc) is 2.90. The molecule has 0 aliphatic rings. The van der Waals surface area contributed by atoms with Crippen LogP contribution in [0.2, 0.25) is 0 Å². The lowest BCUT2D eigenvalue weighted by atomic mass is 9.52. The first-order valence-electron chi connectivity index (χ1n) is 14.5. The molecule has 228 valence electrons. The Morgan fingerprint density at radius 2 is 0.868 bits per heavy atom. The van der Waals surface area contributed by atoms with Crippen molar-refractivity contribution in [2.45, 2.75) is 134 Å². The van der Waals surface area contributed by atoms with Gasteiger partial charge in [-0.05, 0) is 37.5 Å². The van der Waals surface area contributed by atoms with Gasteiger partial charge in [0.05, 0.1) is 56.3 Å². The lowest BCUT2D eigenvalue weighted by molar-refractivity contribution is -0.178. The molecule has 0 bridgehead atoms. The second kappa shape index (κ2) is 21.0. The van der Waals surface area contributed by atoms with Crippen LogP contribution in [0.3, 0.4) is 0 Å². The monoisotopic (exact) mass is 552 g/mol. The average molecular weight is 553 g/mol. The summed E-state index contributed by atoms with van der Waals surface area (Å²) in [4.78, 5) is 12.9. The van der Waals surface area contributed by atoms with Gasteiger partial charge in [0.2, 0.25) is 0 Å². The predicted molar refractivity (Wildman–Crippen MR) is 144 cm³/mol. The molecule has 0 heterocycles. The summed E-state index contributed by atoms with van der Waals surface area (Å²) < 4.78 is 0. The van der Waals surface area contributed by atoms with E-state index in [-0.39, 0.29) is 19.3 Å². The fourth-order valence-corrected chi connectivity index (χ4v) is 5.93. The molecule has 0 amide bonds. The van der Waals surface area contributed by atoms with Crippen molar-refractivity contribution in [3.05, 3.63) is 0 Å². The summed E-state index contributed by atoms with van der Waals surface area (Å²) in [7, 11) is 0. The van der Waals surface area contributed by atoms with Crippen molar-refractivity contribution in [2.75, 3.05) is 26.4 Å². The normalized spacial score (nSPS) is 18.3. The minimum atomic E-state index is -1.98. The molecule has 0 saturated heterocycles. The van der Waals surface area contributed by atoms with Gasteiger partial charge in [0, 0.05) is 0 Å². The van der Waals surface area contributed by atoms with Crippen molar-refractivity contribution in [1.82, 2.24) is 0 Å². The first-order chi connectivity index (χ1) is 18.1. The molecule has 10 nitrogen and oxygen atoms in total. The molecule has 0 radical (unpaired) electrons. The second-order valence-corrected chi connectivity index (χ2v) is 11.1. The molecule has 0 aliphatic heterocycles. The Bertz CT molecular complexity index is 564. The van der Waals surface area contributed by atoms with Crippen LogP contribution in [0.15, 0.2) is 0 Å². The van der Waals surface area contributed by atoms with Crippen LogP contribution < -0.4 is 0 Å². The van der Waals surface area contributed by atoms with E-state index in [9.17, 15) is 50.8 Å². The zero-order chi connectivity index (χ0) is 29.0. The molecule has 0 aromatic carbocycles. The number of hydrogen-bond acceptors (Lipinski definition) is 9. The number of aliphatic hydroxyl groups is 8. The minimum absolute atomic E-state index is 0.167. The van der Waals surface area contributed by atoms with Crippen molar-refractivity contribution in [3.8, 4) is 0 Å². The Morgan fingerprint density at radius 1 is 0.553 bits per heavy atom. The maximum absolute atomic E-state index is 12.9. The quantitative estimate of drug-likeness (QED) is 0.0712. The third-order valence-corrected chi connectivity index (χ3v) is 7.95. The first-order valence-corrected chi connectivity index (χ1v) is 14.5. The van der Waals surface area contributed by atoms with E-state index in [0.29, 0.717) is 6.42 Å². The van der Waals surface area contributed by atoms with E-state index in [1.165, 1.54) is 38.5 Å². The molecule has 0 fully saturated rings. The minimum Gasteiger partial charge on any atom is -0.481 e. The third-order valence-electron chi connectivity index (χ3n) is 7.95. The number of unbranched alkanes of at least 4 members (excludes halogenated alkanes) is 10. The van der Waals surface area contributed by atoms with E-state index in [4.69, 9.17) is 0 Å². The molecule has 4 unspecified atom stereocenters. The molecule has 0 aromatic heterocycles. The Balaban J connectivity index is 5.89. The van der Waals surface area contributed by atoms with Gasteiger partial charge in [0.25, 0.3) is 0 Å². The van der Waals surface area contributed by atoms with Gasteiger partial charge in [-0.2, -0.15) is 0 Å². The van der Waals surface area contributed by atoms with Crippen LogP contribution in [-0.2, 0) is 4.79 Å². The van der Waals surface area contributed by atoms with Gasteiger partial charge >= 0.3 is 5.97 Å². The lowest BCUT2D eigenvalue weighted by Gasteiger charge is -2.51. The van der Waals surface area contributed by atoms with E-state index >= 15 is 0 Å². The summed E-state index contributed by atoms with van der Waals surface area (Å²) in [5.74, 6) is -1.42. The number of carbonyl (C=O) groups is 1. The van der Waals surface area contributed by atoms with E-state index in [1.807, 2.05) is 0 Å². The highest BCUT2D eigenvalue weighted by Crippen LogP contribution is 2.56. The smallest absolute Gasteiger partial charge is 0.310 e. The van der Waals surface area contributed by atoms with Gasteiger partial charge in [-0.25, -0.2) is 0 Å². The number of rotatable bonds is 26. The Hall–Kier alpha value is -0.850. The molecule has 0 rings (SSSR count). The zero-order valence-corrected chi connectivity index (χ0v) is 23.4. The van der Waals surface area contributed by atoms with Crippen LogP contribution in [0.1, 0.15) is 110 Å². The molecule has 0 aromatic rings. The summed E-state index contributed by atoms with van der Waals surface area (Å²) in [6.07, 6.45) is 4.60. The molecule has 0 saturated carbocycles. The standard InChI is InChI=1S/C28H56O10/c1-2-3-4-5-6-7-8-9-10-11-12-13-27(14-22(33)18-29,15-23(34)19-30)28(26(37)38,16-24(35)20-31)17-25(36)21-32/h22-25,29-36H,2-21H2,1H3,(H,37,38). The molecular formula is C28H56O10. The molecular weight excluding hydrogens is 496 g/mol. The number of aliphatic hydroxyl groups excluding tert-OH is 8. The number of hydrogen-bond donors (Lipinski definition) is 9. The van der Waals surface area contributed by atoms with Crippen LogP contribution in [0.5, 0.6) is 0 Å². The molecule has 38 heavy (non-hydrogen) atoms. The molecule has 0 spiro atoms. The van der Waals surface area contributed by atoms with Gasteiger partial charge in [0.15, 0.2) is 0 Å². The SMILES string of the molecule is CCCCCCCCCCCCCC(CC(O)CO)(CC(O)CO)C(CC(O)CO)(CC(O)CO)C(=O)O. The van der Waals surface area contributed by atoms with Crippen molar-refractivity contribution in [2.24, 2.45) is 10.8 Å². The molecule has 0 aliphatic carbocycles. The highest BCUT2D eigenvalue weighted by atomic mass is 16.4. The summed E-state index contributed by atoms with van der Waals surface area (Å²) in [6, 6.07) is 0. The fraction of sp³-hybridized carbons (Fsp3) is 0.964. The van der Waals surface area contributed by atoms with Gasteiger partial charge in [0.1, 0.15) is 0 Å². The van der Waals surface area contributed by atoms with Gasteiger partial charge < -0.3 is 46.0 Å². The van der Waals surface area contributed by atoms with Crippen molar-refractivity contribution >= 4 is 5.97 Å². The highest BCUT2D eigenvalue weighted by Gasteiger charge is 2.58. The largest absolute Gasteiger partial charge is 0.481 e. The first kappa shape index (κ1) is 37.1. The Labute approximate surface area is 228 Å². The van der Waals surface area contributed by atoms with Gasteiger partial charge in [-0.15, -0.1) is 0 Å². The molecule has 9 N–H and O–H groups in total. The van der Waals surface area contributed by atoms with Crippen molar-refractivity contribution in [1.29, 1.82) is 0 Å². The van der Waals surface area contributed by atoms with Crippen LogP contribution in [0.4, 0.5) is 0 Å². The topological polar surface area (TPSA) is 199 Å². The van der Waals surface area contributed by atoms with E-state index in [2.05, 4.69) is 6.92 Å².